The third-order valence-electron chi connectivity index (χ3n) is 4.01. The Hall–Kier alpha value is -1.32. The summed E-state index contributed by atoms with van der Waals surface area (Å²) < 4.78 is 5.56. The zero-order chi connectivity index (χ0) is 15.8. The summed E-state index contributed by atoms with van der Waals surface area (Å²) >= 11 is 0. The Morgan fingerprint density at radius 1 is 1.22 bits per heavy atom. The first-order valence-electron chi connectivity index (χ1n) is 8.25. The summed E-state index contributed by atoms with van der Waals surface area (Å²) in [5.41, 5.74) is 0.507. The van der Waals surface area contributed by atoms with Gasteiger partial charge < -0.3 is 10.1 Å². The van der Waals surface area contributed by atoms with Crippen LogP contribution in [0, 0.1) is 0 Å². The van der Waals surface area contributed by atoms with Crippen LogP contribution >= 0.6 is 12.4 Å². The molecule has 0 aromatic heterocycles. The van der Waals surface area contributed by atoms with Crippen molar-refractivity contribution in [3.63, 3.8) is 0 Å². The predicted molar refractivity (Wildman–Crippen MR) is 97.8 cm³/mol. The molecule has 0 spiro atoms. The van der Waals surface area contributed by atoms with Crippen LogP contribution in [-0.4, -0.2) is 24.2 Å². The zero-order valence-electron chi connectivity index (χ0n) is 14.1. The van der Waals surface area contributed by atoms with E-state index in [0.717, 1.165) is 5.56 Å². The highest BCUT2D eigenvalue weighted by molar-refractivity contribution is 5.87. The van der Waals surface area contributed by atoms with Crippen LogP contribution < -0.4 is 5.32 Å². The minimum absolute atomic E-state index is 0. The van der Waals surface area contributed by atoms with Gasteiger partial charge in [-0.05, 0) is 38.3 Å². The molecule has 23 heavy (non-hydrogen) atoms. The number of rotatable bonds is 6. The summed E-state index contributed by atoms with van der Waals surface area (Å²) in [6, 6.07) is 10.3. The molecule has 1 aromatic rings. The maximum absolute atomic E-state index is 11.9. The van der Waals surface area contributed by atoms with Crippen LogP contribution in [0.15, 0.2) is 36.4 Å². The molecular weight excluding hydrogens is 310 g/mol. The number of hydrogen-bond acceptors (Lipinski definition) is 3. The van der Waals surface area contributed by atoms with Gasteiger partial charge in [-0.25, -0.2) is 4.79 Å². The van der Waals surface area contributed by atoms with Crippen molar-refractivity contribution in [3.8, 4) is 0 Å². The number of hydrogen-bond donors (Lipinski definition) is 1. The standard InChI is InChI=1S/C19H27NO2.ClH/c1-19(2,15-20-17-11-7-4-8-12-17)22-18(21)14-13-16-9-5-3-6-10-16;/h3,5-6,9-10,13-14,17,20H,4,7-8,11-12,15H2,1-2H3;1H/b14-13-;. The molecule has 3 nitrogen and oxygen atoms in total. The number of ether oxygens (including phenoxy) is 1. The highest BCUT2D eigenvalue weighted by Gasteiger charge is 2.23. The van der Waals surface area contributed by atoms with Gasteiger partial charge in [-0.2, -0.15) is 0 Å². The normalized spacial score (nSPS) is 16.1. The maximum atomic E-state index is 11.9. The molecule has 0 atom stereocenters. The van der Waals surface area contributed by atoms with Gasteiger partial charge in [0.1, 0.15) is 5.60 Å². The monoisotopic (exact) mass is 337 g/mol. The smallest absolute Gasteiger partial charge is 0.331 e. The fourth-order valence-electron chi connectivity index (χ4n) is 2.77. The summed E-state index contributed by atoms with van der Waals surface area (Å²) in [7, 11) is 0. The predicted octanol–water partition coefficient (Wildman–Crippen LogP) is 4.37. The molecule has 0 saturated heterocycles. The van der Waals surface area contributed by atoms with Crippen molar-refractivity contribution >= 4 is 24.5 Å². The van der Waals surface area contributed by atoms with E-state index in [1.54, 1.807) is 6.08 Å². The number of halogens is 1. The van der Waals surface area contributed by atoms with Gasteiger partial charge in [0, 0.05) is 18.7 Å². The molecule has 1 fully saturated rings. The van der Waals surface area contributed by atoms with Gasteiger partial charge in [0.25, 0.3) is 0 Å². The van der Waals surface area contributed by atoms with Crippen molar-refractivity contribution in [2.24, 2.45) is 0 Å². The summed E-state index contributed by atoms with van der Waals surface area (Å²) in [6.45, 7) is 4.61. The highest BCUT2D eigenvalue weighted by Crippen LogP contribution is 2.18. The lowest BCUT2D eigenvalue weighted by Gasteiger charge is -2.29. The number of benzene rings is 1. The summed E-state index contributed by atoms with van der Waals surface area (Å²) in [4.78, 5) is 11.9. The van der Waals surface area contributed by atoms with Crippen molar-refractivity contribution in [3.05, 3.63) is 42.0 Å². The summed E-state index contributed by atoms with van der Waals surface area (Å²) in [5.74, 6) is -0.292. The summed E-state index contributed by atoms with van der Waals surface area (Å²) in [6.07, 6.45) is 9.71. The van der Waals surface area contributed by atoms with E-state index in [9.17, 15) is 4.79 Å². The lowest BCUT2D eigenvalue weighted by Crippen LogP contribution is -2.43. The first kappa shape index (κ1) is 19.7. The van der Waals surface area contributed by atoms with Gasteiger partial charge in [0.05, 0.1) is 0 Å². The van der Waals surface area contributed by atoms with Crippen molar-refractivity contribution in [2.75, 3.05) is 6.54 Å². The van der Waals surface area contributed by atoms with E-state index < -0.39 is 5.60 Å². The Balaban J connectivity index is 0.00000264. The molecule has 2 rings (SSSR count). The Labute approximate surface area is 145 Å². The molecule has 1 N–H and O–H groups in total. The topological polar surface area (TPSA) is 38.3 Å². The second kappa shape index (κ2) is 9.74. The van der Waals surface area contributed by atoms with Gasteiger partial charge in [0.2, 0.25) is 0 Å². The number of nitrogens with one attached hydrogen (secondary N) is 1. The van der Waals surface area contributed by atoms with Crippen molar-refractivity contribution < 1.29 is 9.53 Å². The number of carbonyl (C=O) groups is 1. The molecule has 0 aliphatic heterocycles. The van der Waals surface area contributed by atoms with E-state index in [1.807, 2.05) is 44.2 Å². The third kappa shape index (κ3) is 7.67. The van der Waals surface area contributed by atoms with E-state index in [2.05, 4.69) is 5.32 Å². The van der Waals surface area contributed by atoms with Crippen LogP contribution in [0.2, 0.25) is 0 Å². The average Bonchev–Trinajstić information content (AvgIpc) is 2.53. The second-order valence-electron chi connectivity index (χ2n) is 6.64. The summed E-state index contributed by atoms with van der Waals surface area (Å²) in [5, 5.41) is 3.54. The molecule has 0 amide bonds. The Bertz CT molecular complexity index is 493. The SMILES string of the molecule is CC(C)(CNC1CCCCC1)OC(=O)/C=C\c1ccccc1.Cl. The molecule has 0 heterocycles. The van der Waals surface area contributed by atoms with Crippen molar-refractivity contribution in [2.45, 2.75) is 57.6 Å². The molecule has 1 saturated carbocycles. The van der Waals surface area contributed by atoms with Gasteiger partial charge in [-0.3, -0.25) is 0 Å². The highest BCUT2D eigenvalue weighted by atomic mass is 35.5. The van der Waals surface area contributed by atoms with Crippen molar-refractivity contribution in [1.82, 2.24) is 5.32 Å². The number of esters is 1. The second-order valence-corrected chi connectivity index (χ2v) is 6.64. The van der Waals surface area contributed by atoms with E-state index >= 15 is 0 Å². The molecule has 4 heteroatoms. The van der Waals surface area contributed by atoms with E-state index in [0.29, 0.717) is 12.6 Å². The first-order chi connectivity index (χ1) is 10.6. The van der Waals surface area contributed by atoms with E-state index in [4.69, 9.17) is 4.74 Å². The van der Waals surface area contributed by atoms with Gasteiger partial charge in [-0.15, -0.1) is 12.4 Å². The van der Waals surface area contributed by atoms with E-state index in [-0.39, 0.29) is 18.4 Å². The van der Waals surface area contributed by atoms with Crippen LogP contribution in [-0.2, 0) is 9.53 Å². The lowest BCUT2D eigenvalue weighted by molar-refractivity contribution is -0.149. The van der Waals surface area contributed by atoms with Crippen LogP contribution in [0.4, 0.5) is 0 Å². The fourth-order valence-corrected chi connectivity index (χ4v) is 2.77. The minimum atomic E-state index is -0.491. The Morgan fingerprint density at radius 3 is 2.52 bits per heavy atom. The molecule has 0 radical (unpaired) electrons. The quantitative estimate of drug-likeness (QED) is 0.619. The Morgan fingerprint density at radius 2 is 1.87 bits per heavy atom. The molecule has 128 valence electrons. The zero-order valence-corrected chi connectivity index (χ0v) is 14.9. The van der Waals surface area contributed by atoms with Crippen LogP contribution in [0.5, 0.6) is 0 Å². The van der Waals surface area contributed by atoms with Crippen LogP contribution in [0.3, 0.4) is 0 Å². The maximum Gasteiger partial charge on any atom is 0.331 e. The Kier molecular flexibility index (Phi) is 8.35. The molecule has 0 unspecified atom stereocenters. The van der Waals surface area contributed by atoms with Crippen molar-refractivity contribution in [1.29, 1.82) is 0 Å². The van der Waals surface area contributed by atoms with Crippen LogP contribution in [0.1, 0.15) is 51.5 Å². The molecule has 1 aliphatic rings. The first-order valence-corrected chi connectivity index (χ1v) is 8.25. The molecule has 1 aromatic carbocycles. The molecule has 1 aliphatic carbocycles. The van der Waals surface area contributed by atoms with Gasteiger partial charge in [0.15, 0.2) is 0 Å². The minimum Gasteiger partial charge on any atom is -0.455 e. The fraction of sp³-hybridized carbons (Fsp3) is 0.526. The van der Waals surface area contributed by atoms with E-state index in [1.165, 1.54) is 38.2 Å². The van der Waals surface area contributed by atoms with Crippen LogP contribution in [0.25, 0.3) is 6.08 Å². The largest absolute Gasteiger partial charge is 0.455 e. The number of carbonyl (C=O) groups excluding carboxylic acids is 1. The molecular formula is C19H28ClNO2. The third-order valence-corrected chi connectivity index (χ3v) is 4.01. The van der Waals surface area contributed by atoms with Gasteiger partial charge >= 0.3 is 5.97 Å². The van der Waals surface area contributed by atoms with Gasteiger partial charge in [-0.1, -0.05) is 49.6 Å². The molecule has 0 bridgehead atoms. The lowest BCUT2D eigenvalue weighted by atomic mass is 9.95. The average molecular weight is 338 g/mol.